The zero-order valence-corrected chi connectivity index (χ0v) is 16.3. The van der Waals surface area contributed by atoms with Crippen LogP contribution in [-0.2, 0) is 20.7 Å². The van der Waals surface area contributed by atoms with Crippen LogP contribution in [0.2, 0.25) is 0 Å². The predicted molar refractivity (Wildman–Crippen MR) is 108 cm³/mol. The number of amides is 2. The Labute approximate surface area is 164 Å². The van der Waals surface area contributed by atoms with E-state index in [1.165, 1.54) is 7.11 Å². The molecule has 0 bridgehead atoms. The number of carbonyl (C=O) groups is 3. The van der Waals surface area contributed by atoms with Crippen molar-refractivity contribution in [1.29, 1.82) is 0 Å². The topological polar surface area (TPSA) is 87.7 Å². The monoisotopic (exact) mass is 383 g/mol. The maximum Gasteiger partial charge on any atom is 0.337 e. The third-order valence-corrected chi connectivity index (χ3v) is 4.10. The maximum absolute atomic E-state index is 12.1. The number of nitrogens with zero attached hydrogens (tertiary/aromatic N) is 1. The predicted octanol–water partition coefficient (Wildman–Crippen LogP) is 2.54. The minimum Gasteiger partial charge on any atom is -0.465 e. The number of esters is 1. The van der Waals surface area contributed by atoms with Gasteiger partial charge in [0.2, 0.25) is 11.8 Å². The molecule has 0 aromatic heterocycles. The molecule has 2 N–H and O–H groups in total. The van der Waals surface area contributed by atoms with Crippen LogP contribution in [0.4, 0.5) is 11.4 Å². The minimum absolute atomic E-state index is 0.0796. The van der Waals surface area contributed by atoms with Crippen molar-refractivity contribution in [2.24, 2.45) is 0 Å². The summed E-state index contributed by atoms with van der Waals surface area (Å²) in [5, 5.41) is 5.83. The van der Waals surface area contributed by atoms with Gasteiger partial charge in [-0.2, -0.15) is 0 Å². The molecule has 7 heteroatoms. The molecular weight excluding hydrogens is 358 g/mol. The van der Waals surface area contributed by atoms with E-state index in [0.717, 1.165) is 11.3 Å². The summed E-state index contributed by atoms with van der Waals surface area (Å²) in [6.45, 7) is 0.0961. The highest BCUT2D eigenvalue weighted by Crippen LogP contribution is 2.13. The number of carbonyl (C=O) groups excluding carboxylic acids is 3. The Hall–Kier alpha value is -3.35. The van der Waals surface area contributed by atoms with Crippen molar-refractivity contribution in [3.63, 3.8) is 0 Å². The van der Waals surface area contributed by atoms with Gasteiger partial charge in [-0.1, -0.05) is 12.1 Å². The van der Waals surface area contributed by atoms with Gasteiger partial charge in [0.05, 0.1) is 19.2 Å². The zero-order chi connectivity index (χ0) is 20.5. The fourth-order valence-electron chi connectivity index (χ4n) is 2.51. The molecule has 0 saturated carbocycles. The molecule has 0 heterocycles. The van der Waals surface area contributed by atoms with E-state index in [2.05, 4.69) is 15.4 Å². The van der Waals surface area contributed by atoms with E-state index in [1.54, 1.807) is 43.3 Å². The highest BCUT2D eigenvalue weighted by molar-refractivity contribution is 5.95. The minimum atomic E-state index is -0.424. The fraction of sp³-hybridized carbons (Fsp3) is 0.286. The highest BCUT2D eigenvalue weighted by atomic mass is 16.5. The zero-order valence-electron chi connectivity index (χ0n) is 16.3. The average molecular weight is 383 g/mol. The summed E-state index contributed by atoms with van der Waals surface area (Å²) in [4.78, 5) is 36.8. The van der Waals surface area contributed by atoms with Gasteiger partial charge >= 0.3 is 5.97 Å². The molecule has 0 saturated heterocycles. The van der Waals surface area contributed by atoms with Crippen LogP contribution in [0, 0.1) is 0 Å². The Kier molecular flexibility index (Phi) is 7.56. The molecule has 0 aliphatic heterocycles. The second-order valence-electron chi connectivity index (χ2n) is 6.46. The van der Waals surface area contributed by atoms with Crippen LogP contribution in [-0.4, -0.2) is 50.4 Å². The number of ether oxygens (including phenoxy) is 1. The van der Waals surface area contributed by atoms with Gasteiger partial charge in [-0.3, -0.25) is 9.59 Å². The first-order chi connectivity index (χ1) is 13.4. The number of methoxy groups -OCH3 is 1. The average Bonchev–Trinajstić information content (AvgIpc) is 2.70. The molecule has 7 nitrogen and oxygen atoms in total. The molecule has 2 aromatic rings. The summed E-state index contributed by atoms with van der Waals surface area (Å²) in [5.41, 5.74) is 2.85. The summed E-state index contributed by atoms with van der Waals surface area (Å²) >= 11 is 0. The van der Waals surface area contributed by atoms with Crippen LogP contribution in [0.5, 0.6) is 0 Å². The Morgan fingerprint density at radius 1 is 1.00 bits per heavy atom. The van der Waals surface area contributed by atoms with E-state index in [0.29, 0.717) is 24.1 Å². The van der Waals surface area contributed by atoms with E-state index >= 15 is 0 Å². The van der Waals surface area contributed by atoms with Crippen molar-refractivity contribution in [2.75, 3.05) is 38.4 Å². The van der Waals surface area contributed by atoms with Crippen molar-refractivity contribution in [3.05, 3.63) is 59.7 Å². The summed E-state index contributed by atoms with van der Waals surface area (Å²) in [6, 6.07) is 14.1. The molecule has 0 aliphatic rings. The second-order valence-corrected chi connectivity index (χ2v) is 6.46. The highest BCUT2D eigenvalue weighted by Gasteiger charge is 2.07. The summed E-state index contributed by atoms with van der Waals surface area (Å²) in [5.74, 6) is -0.554. The molecular formula is C21H25N3O4. The Balaban J connectivity index is 1.84. The van der Waals surface area contributed by atoms with Crippen LogP contribution >= 0.6 is 0 Å². The number of nitrogens with one attached hydrogen (secondary N) is 2. The van der Waals surface area contributed by atoms with Crippen LogP contribution in [0.3, 0.4) is 0 Å². The lowest BCUT2D eigenvalue weighted by Crippen LogP contribution is -2.22. The van der Waals surface area contributed by atoms with Crippen LogP contribution in [0.25, 0.3) is 0 Å². The summed E-state index contributed by atoms with van der Waals surface area (Å²) in [7, 11) is 4.79. The summed E-state index contributed by atoms with van der Waals surface area (Å²) < 4.78 is 4.64. The van der Waals surface area contributed by atoms with Crippen molar-refractivity contribution < 1.29 is 19.1 Å². The quantitative estimate of drug-likeness (QED) is 0.684. The van der Waals surface area contributed by atoms with Gasteiger partial charge in [-0.05, 0) is 48.4 Å². The molecule has 148 valence electrons. The number of hydrogen-bond acceptors (Lipinski definition) is 5. The molecule has 0 radical (unpaired) electrons. The Bertz CT molecular complexity index is 832. The molecule has 2 rings (SSSR count). The fourth-order valence-corrected chi connectivity index (χ4v) is 2.51. The molecule has 2 aromatic carbocycles. The van der Waals surface area contributed by atoms with E-state index < -0.39 is 5.97 Å². The van der Waals surface area contributed by atoms with Crippen molar-refractivity contribution in [3.8, 4) is 0 Å². The smallest absolute Gasteiger partial charge is 0.337 e. The number of rotatable bonds is 8. The van der Waals surface area contributed by atoms with Gasteiger partial charge in [-0.25, -0.2) is 4.79 Å². The SMILES string of the molecule is COC(=O)c1ccc(NC(=O)CNc2cccc(CCC(=O)N(C)C)c2)cc1. The van der Waals surface area contributed by atoms with Gasteiger partial charge in [0.1, 0.15) is 0 Å². The number of hydrogen-bond donors (Lipinski definition) is 2. The maximum atomic E-state index is 12.1. The summed E-state index contributed by atoms with van der Waals surface area (Å²) in [6.07, 6.45) is 1.09. The molecule has 2 amide bonds. The standard InChI is InChI=1S/C21H25N3O4/c1-24(2)20(26)12-7-15-5-4-6-18(13-15)22-14-19(25)23-17-10-8-16(9-11-17)21(27)28-3/h4-6,8-11,13,22H,7,12,14H2,1-3H3,(H,23,25). The number of anilines is 2. The molecule has 0 fully saturated rings. The van der Waals surface area contributed by atoms with Gasteiger partial charge in [0, 0.05) is 31.9 Å². The van der Waals surface area contributed by atoms with Crippen LogP contribution in [0.1, 0.15) is 22.3 Å². The lowest BCUT2D eigenvalue weighted by Gasteiger charge is -2.11. The Morgan fingerprint density at radius 3 is 2.36 bits per heavy atom. The number of benzene rings is 2. The lowest BCUT2D eigenvalue weighted by atomic mass is 10.1. The molecule has 0 atom stereocenters. The van der Waals surface area contributed by atoms with Gasteiger partial charge < -0.3 is 20.3 Å². The van der Waals surface area contributed by atoms with Gasteiger partial charge in [0.15, 0.2) is 0 Å². The molecule has 0 aliphatic carbocycles. The van der Waals surface area contributed by atoms with Crippen molar-refractivity contribution >= 4 is 29.2 Å². The van der Waals surface area contributed by atoms with Crippen LogP contribution < -0.4 is 10.6 Å². The van der Waals surface area contributed by atoms with E-state index in [1.807, 2.05) is 24.3 Å². The second kappa shape index (κ2) is 10.1. The first-order valence-electron chi connectivity index (χ1n) is 8.90. The molecule has 28 heavy (non-hydrogen) atoms. The van der Waals surface area contributed by atoms with Crippen LogP contribution in [0.15, 0.2) is 48.5 Å². The van der Waals surface area contributed by atoms with E-state index in [4.69, 9.17) is 0 Å². The lowest BCUT2D eigenvalue weighted by molar-refractivity contribution is -0.128. The van der Waals surface area contributed by atoms with E-state index in [-0.39, 0.29) is 18.4 Å². The largest absolute Gasteiger partial charge is 0.465 e. The molecule has 0 unspecified atom stereocenters. The van der Waals surface area contributed by atoms with Crippen molar-refractivity contribution in [2.45, 2.75) is 12.8 Å². The first kappa shape index (κ1) is 21.0. The van der Waals surface area contributed by atoms with Crippen molar-refractivity contribution in [1.82, 2.24) is 4.90 Å². The third-order valence-electron chi connectivity index (χ3n) is 4.10. The number of aryl methyl sites for hydroxylation is 1. The third kappa shape index (κ3) is 6.42. The van der Waals surface area contributed by atoms with E-state index in [9.17, 15) is 14.4 Å². The normalized spacial score (nSPS) is 10.1. The Morgan fingerprint density at radius 2 is 1.71 bits per heavy atom. The van der Waals surface area contributed by atoms with Gasteiger partial charge in [0.25, 0.3) is 0 Å². The first-order valence-corrected chi connectivity index (χ1v) is 8.90. The van der Waals surface area contributed by atoms with Gasteiger partial charge in [-0.15, -0.1) is 0 Å². The molecule has 0 spiro atoms.